The van der Waals surface area contributed by atoms with Gasteiger partial charge in [-0.15, -0.1) is 0 Å². The molecule has 0 fully saturated rings. The van der Waals surface area contributed by atoms with E-state index in [2.05, 4.69) is 21.5 Å². The van der Waals surface area contributed by atoms with E-state index in [1.54, 1.807) is 0 Å². The zero-order valence-electron chi connectivity index (χ0n) is 9.64. The fraction of sp³-hybridized carbons (Fsp3) is 0.333. The van der Waals surface area contributed by atoms with Gasteiger partial charge in [0.1, 0.15) is 11.6 Å². The molecule has 4 heteroatoms. The Morgan fingerprint density at radius 3 is 2.88 bits per heavy atom. The van der Waals surface area contributed by atoms with Crippen LogP contribution < -0.4 is 5.73 Å². The van der Waals surface area contributed by atoms with Gasteiger partial charge in [-0.05, 0) is 25.5 Å². The molecule has 2 N–H and O–H groups in total. The quantitative estimate of drug-likeness (QED) is 0.856. The summed E-state index contributed by atoms with van der Waals surface area (Å²) in [4.78, 5) is 8.63. The van der Waals surface area contributed by atoms with Crippen LogP contribution in [-0.2, 0) is 6.54 Å². The van der Waals surface area contributed by atoms with E-state index in [9.17, 15) is 0 Å². The van der Waals surface area contributed by atoms with Gasteiger partial charge in [0.25, 0.3) is 0 Å². The Kier molecular flexibility index (Phi) is 2.90. The van der Waals surface area contributed by atoms with Crippen molar-refractivity contribution < 1.29 is 0 Å². The van der Waals surface area contributed by atoms with Gasteiger partial charge < -0.3 is 10.3 Å². The van der Waals surface area contributed by atoms with Gasteiger partial charge in [-0.25, -0.2) is 9.97 Å². The predicted octanol–water partition coefficient (Wildman–Crippen LogP) is 2.25. The van der Waals surface area contributed by atoms with Gasteiger partial charge in [-0.1, -0.05) is 6.92 Å². The fourth-order valence-electron chi connectivity index (χ4n) is 1.79. The molecule has 0 aliphatic carbocycles. The lowest BCUT2D eigenvalue weighted by atomic mass is 10.2. The van der Waals surface area contributed by atoms with Crippen LogP contribution in [0.15, 0.2) is 24.5 Å². The topological polar surface area (TPSA) is 56.7 Å². The summed E-state index contributed by atoms with van der Waals surface area (Å²) in [6, 6.07) is 3.79. The first-order chi connectivity index (χ1) is 7.72. The van der Waals surface area contributed by atoms with Crippen LogP contribution in [0.5, 0.6) is 0 Å². The van der Waals surface area contributed by atoms with E-state index in [0.29, 0.717) is 5.82 Å². The van der Waals surface area contributed by atoms with Crippen molar-refractivity contribution in [2.75, 3.05) is 5.73 Å². The molecule has 0 unspecified atom stereocenters. The van der Waals surface area contributed by atoms with Crippen LogP contribution in [0.25, 0.3) is 11.4 Å². The molecule has 2 aromatic rings. The zero-order valence-corrected chi connectivity index (χ0v) is 9.64. The zero-order chi connectivity index (χ0) is 11.5. The second kappa shape index (κ2) is 4.35. The van der Waals surface area contributed by atoms with Gasteiger partial charge >= 0.3 is 0 Å². The average molecular weight is 216 g/mol. The predicted molar refractivity (Wildman–Crippen MR) is 64.9 cm³/mol. The molecule has 0 saturated carbocycles. The first-order valence-corrected chi connectivity index (χ1v) is 5.47. The molecule has 0 spiro atoms. The second-order valence-electron chi connectivity index (χ2n) is 3.81. The molecule has 2 aromatic heterocycles. The SMILES string of the molecule is CCCn1ccnc1-c1ccc(N)nc1C. The number of rotatable bonds is 3. The summed E-state index contributed by atoms with van der Waals surface area (Å²) in [5, 5.41) is 0. The van der Waals surface area contributed by atoms with Crippen LogP contribution in [0.2, 0.25) is 0 Å². The van der Waals surface area contributed by atoms with Gasteiger partial charge in [-0.3, -0.25) is 0 Å². The molecule has 0 radical (unpaired) electrons. The summed E-state index contributed by atoms with van der Waals surface area (Å²) in [6.07, 6.45) is 4.90. The maximum Gasteiger partial charge on any atom is 0.141 e. The number of pyridine rings is 1. The number of hydrogen-bond acceptors (Lipinski definition) is 3. The highest BCUT2D eigenvalue weighted by Crippen LogP contribution is 2.21. The summed E-state index contributed by atoms with van der Waals surface area (Å²) in [5.41, 5.74) is 7.61. The van der Waals surface area contributed by atoms with Crippen LogP contribution >= 0.6 is 0 Å². The van der Waals surface area contributed by atoms with Crippen molar-refractivity contribution >= 4 is 5.82 Å². The molecule has 4 nitrogen and oxygen atoms in total. The summed E-state index contributed by atoms with van der Waals surface area (Å²) in [7, 11) is 0. The summed E-state index contributed by atoms with van der Waals surface area (Å²) in [5.74, 6) is 1.52. The van der Waals surface area contributed by atoms with Crippen LogP contribution in [0.4, 0.5) is 5.82 Å². The van der Waals surface area contributed by atoms with Crippen LogP contribution in [0.3, 0.4) is 0 Å². The average Bonchev–Trinajstić information content (AvgIpc) is 2.67. The van der Waals surface area contributed by atoms with Gasteiger partial charge in [0.05, 0.1) is 5.69 Å². The molecule has 84 valence electrons. The Morgan fingerprint density at radius 1 is 1.38 bits per heavy atom. The van der Waals surface area contributed by atoms with E-state index in [0.717, 1.165) is 30.0 Å². The van der Waals surface area contributed by atoms with Crippen molar-refractivity contribution in [2.24, 2.45) is 0 Å². The standard InChI is InChI=1S/C12H16N4/c1-3-7-16-8-6-14-12(16)10-4-5-11(13)15-9(10)2/h4-6,8H,3,7H2,1-2H3,(H2,13,15). The Labute approximate surface area is 95.1 Å². The monoisotopic (exact) mass is 216 g/mol. The number of aromatic nitrogens is 3. The third-order valence-corrected chi connectivity index (χ3v) is 2.53. The van der Waals surface area contributed by atoms with Crippen molar-refractivity contribution in [3.8, 4) is 11.4 Å². The first kappa shape index (κ1) is 10.7. The van der Waals surface area contributed by atoms with Crippen LogP contribution in [0, 0.1) is 6.92 Å². The normalized spacial score (nSPS) is 10.6. The van der Waals surface area contributed by atoms with Crippen molar-refractivity contribution in [2.45, 2.75) is 26.8 Å². The molecule has 0 aliphatic rings. The summed E-state index contributed by atoms with van der Waals surface area (Å²) in [6.45, 7) is 5.08. The maximum absolute atomic E-state index is 5.64. The molecule has 0 bridgehead atoms. The smallest absolute Gasteiger partial charge is 0.141 e. The van der Waals surface area contributed by atoms with E-state index in [1.807, 2.05) is 31.5 Å². The molecule has 0 amide bonds. The Bertz CT molecular complexity index is 488. The number of imidazole rings is 1. The lowest BCUT2D eigenvalue weighted by Crippen LogP contribution is -2.01. The lowest BCUT2D eigenvalue weighted by Gasteiger charge is -2.08. The largest absolute Gasteiger partial charge is 0.384 e. The Morgan fingerprint density at radius 2 is 2.19 bits per heavy atom. The number of nitrogen functional groups attached to an aromatic ring is 1. The van der Waals surface area contributed by atoms with E-state index >= 15 is 0 Å². The molecule has 2 rings (SSSR count). The highest BCUT2D eigenvalue weighted by Gasteiger charge is 2.09. The number of nitrogens with two attached hydrogens (primary N) is 1. The lowest BCUT2D eigenvalue weighted by molar-refractivity contribution is 0.685. The van der Waals surface area contributed by atoms with E-state index in [-0.39, 0.29) is 0 Å². The minimum Gasteiger partial charge on any atom is -0.384 e. The summed E-state index contributed by atoms with van der Waals surface area (Å²) >= 11 is 0. The Balaban J connectivity index is 2.46. The maximum atomic E-state index is 5.64. The highest BCUT2D eigenvalue weighted by molar-refractivity contribution is 5.60. The van der Waals surface area contributed by atoms with Crippen molar-refractivity contribution in [3.63, 3.8) is 0 Å². The molecule has 0 aliphatic heterocycles. The number of nitrogens with zero attached hydrogens (tertiary/aromatic N) is 3. The first-order valence-electron chi connectivity index (χ1n) is 5.47. The van der Waals surface area contributed by atoms with Gasteiger partial charge in [0, 0.05) is 24.5 Å². The molecule has 0 atom stereocenters. The number of aryl methyl sites for hydroxylation is 2. The second-order valence-corrected chi connectivity index (χ2v) is 3.81. The van der Waals surface area contributed by atoms with Gasteiger partial charge in [0.2, 0.25) is 0 Å². The van der Waals surface area contributed by atoms with Crippen molar-refractivity contribution in [1.29, 1.82) is 0 Å². The van der Waals surface area contributed by atoms with Crippen LogP contribution in [0.1, 0.15) is 19.0 Å². The molecule has 0 saturated heterocycles. The highest BCUT2D eigenvalue weighted by atomic mass is 15.1. The van der Waals surface area contributed by atoms with E-state index in [4.69, 9.17) is 5.73 Å². The molecule has 0 aromatic carbocycles. The van der Waals surface area contributed by atoms with Gasteiger partial charge in [-0.2, -0.15) is 0 Å². The molecular weight excluding hydrogens is 200 g/mol. The fourth-order valence-corrected chi connectivity index (χ4v) is 1.79. The van der Waals surface area contributed by atoms with Crippen LogP contribution in [-0.4, -0.2) is 14.5 Å². The number of anilines is 1. The number of hydrogen-bond donors (Lipinski definition) is 1. The third kappa shape index (κ3) is 1.91. The molecule has 16 heavy (non-hydrogen) atoms. The minimum absolute atomic E-state index is 0.551. The van der Waals surface area contributed by atoms with Gasteiger partial charge in [0.15, 0.2) is 0 Å². The minimum atomic E-state index is 0.551. The van der Waals surface area contributed by atoms with E-state index in [1.165, 1.54) is 0 Å². The van der Waals surface area contributed by atoms with Crippen molar-refractivity contribution in [1.82, 2.24) is 14.5 Å². The summed E-state index contributed by atoms with van der Waals surface area (Å²) < 4.78 is 2.14. The third-order valence-electron chi connectivity index (χ3n) is 2.53. The molecular formula is C12H16N4. The molecule has 2 heterocycles. The van der Waals surface area contributed by atoms with E-state index < -0.39 is 0 Å². The van der Waals surface area contributed by atoms with Crippen molar-refractivity contribution in [3.05, 3.63) is 30.2 Å². The Hall–Kier alpha value is -1.84.